The maximum absolute atomic E-state index is 14.3. The molecule has 1 aromatic heterocycles. The van der Waals surface area contributed by atoms with Gasteiger partial charge in [-0.15, -0.1) is 0 Å². The van der Waals surface area contributed by atoms with Crippen LogP contribution in [0.1, 0.15) is 25.5 Å². The first-order valence-electron chi connectivity index (χ1n) is 9.05. The van der Waals surface area contributed by atoms with Gasteiger partial charge in [0.15, 0.2) is 0 Å². The first kappa shape index (κ1) is 23.3. The minimum Gasteiger partial charge on any atom is -0.481 e. The molecule has 1 unspecified atom stereocenters. The van der Waals surface area contributed by atoms with Crippen molar-refractivity contribution in [3.8, 4) is 11.6 Å². The van der Waals surface area contributed by atoms with E-state index < -0.39 is 46.3 Å². The van der Waals surface area contributed by atoms with E-state index in [2.05, 4.69) is 4.98 Å². The van der Waals surface area contributed by atoms with E-state index in [0.29, 0.717) is 0 Å². The molecule has 1 N–H and O–H groups in total. The number of ether oxygens (including phenoxy) is 1. The number of hydrogen-bond acceptors (Lipinski definition) is 3. The van der Waals surface area contributed by atoms with Crippen molar-refractivity contribution in [2.45, 2.75) is 25.9 Å². The van der Waals surface area contributed by atoms with Crippen molar-refractivity contribution in [3.63, 3.8) is 0 Å². The van der Waals surface area contributed by atoms with Gasteiger partial charge >= 0.3 is 12.1 Å². The highest BCUT2D eigenvalue weighted by Crippen LogP contribution is 2.77. The fourth-order valence-electron chi connectivity index (χ4n) is 4.32. The van der Waals surface area contributed by atoms with E-state index >= 15 is 0 Å². The zero-order valence-corrected chi connectivity index (χ0v) is 17.8. The predicted molar refractivity (Wildman–Crippen MR) is 107 cm³/mol. The molecule has 0 spiro atoms. The predicted octanol–water partition coefficient (Wildman–Crippen LogP) is 6.70. The normalized spacial score (nSPS) is 23.0. The molecule has 0 amide bonds. The van der Waals surface area contributed by atoms with E-state index in [9.17, 15) is 27.5 Å². The zero-order chi connectivity index (χ0) is 23.2. The first-order valence-corrected chi connectivity index (χ1v) is 9.80. The molecule has 1 saturated carbocycles. The van der Waals surface area contributed by atoms with E-state index in [0.717, 1.165) is 24.3 Å². The molecule has 1 fully saturated rings. The summed E-state index contributed by atoms with van der Waals surface area (Å²) in [6, 6.07) is 8.52. The molecular weight excluding hydrogens is 461 g/mol. The molecule has 0 bridgehead atoms. The second kappa shape index (κ2) is 7.98. The van der Waals surface area contributed by atoms with E-state index in [4.69, 9.17) is 27.9 Å². The number of rotatable bonds is 6. The monoisotopic (exact) mass is 477 g/mol. The minimum atomic E-state index is -4.95. The fraction of sp³-hybridized carbons (Fsp3) is 0.333. The number of carbonyl (C=O) groups is 1. The largest absolute Gasteiger partial charge is 0.481 e. The second-order valence-corrected chi connectivity index (χ2v) is 8.77. The van der Waals surface area contributed by atoms with Crippen molar-refractivity contribution >= 4 is 29.2 Å². The van der Waals surface area contributed by atoms with E-state index in [1.807, 2.05) is 0 Å². The molecule has 4 nitrogen and oxygen atoms in total. The maximum atomic E-state index is 14.3. The fourth-order valence-corrected chi connectivity index (χ4v) is 4.57. The van der Waals surface area contributed by atoms with Crippen LogP contribution >= 0.6 is 23.2 Å². The Morgan fingerprint density at radius 2 is 1.81 bits per heavy atom. The van der Waals surface area contributed by atoms with Crippen molar-refractivity contribution in [2.75, 3.05) is 0 Å². The summed E-state index contributed by atoms with van der Waals surface area (Å²) in [4.78, 5) is 16.2. The van der Waals surface area contributed by atoms with Crippen LogP contribution in [0.25, 0.3) is 0 Å². The Labute approximate surface area is 185 Å². The average Bonchev–Trinajstić information content (AvgIpc) is 3.11. The van der Waals surface area contributed by atoms with Crippen LogP contribution in [0.3, 0.4) is 0 Å². The van der Waals surface area contributed by atoms with Crippen LogP contribution in [0, 0.1) is 22.6 Å². The van der Waals surface area contributed by atoms with Gasteiger partial charge in [0.1, 0.15) is 22.0 Å². The lowest BCUT2D eigenvalue weighted by Crippen LogP contribution is -2.39. The number of nitrogens with zero attached hydrogens (tertiary/aromatic N) is 1. The minimum absolute atomic E-state index is 0.157. The van der Waals surface area contributed by atoms with Gasteiger partial charge in [0.2, 0.25) is 5.88 Å². The molecule has 1 aromatic carbocycles. The first-order chi connectivity index (χ1) is 14.3. The number of carboxylic acid groups (broad SMARTS) is 1. The number of aliphatic carboxylic acids is 1. The zero-order valence-electron chi connectivity index (χ0n) is 16.3. The number of carboxylic acids is 1. The summed E-state index contributed by atoms with van der Waals surface area (Å²) in [5.74, 6) is -5.73. The molecule has 1 aliphatic rings. The molecule has 0 radical (unpaired) electrons. The lowest BCUT2D eigenvalue weighted by molar-refractivity contribution is -0.184. The third-order valence-corrected chi connectivity index (χ3v) is 6.01. The topological polar surface area (TPSA) is 59.4 Å². The molecule has 0 saturated heterocycles. The number of halogens is 6. The molecule has 3 atom stereocenters. The smallest absolute Gasteiger partial charge is 0.398 e. The number of allylic oxidation sites excluding steroid dienone is 1. The molecule has 31 heavy (non-hydrogen) atoms. The summed E-state index contributed by atoms with van der Waals surface area (Å²) in [6.07, 6.45) is -3.83. The van der Waals surface area contributed by atoms with E-state index in [1.54, 1.807) is 0 Å². The van der Waals surface area contributed by atoms with Crippen LogP contribution in [0.2, 0.25) is 0 Å². The Morgan fingerprint density at radius 3 is 2.32 bits per heavy atom. The van der Waals surface area contributed by atoms with Gasteiger partial charge in [-0.1, -0.05) is 43.1 Å². The van der Waals surface area contributed by atoms with Crippen molar-refractivity contribution < 1.29 is 32.2 Å². The van der Waals surface area contributed by atoms with Crippen molar-refractivity contribution in [1.29, 1.82) is 0 Å². The van der Waals surface area contributed by atoms with Crippen LogP contribution in [-0.4, -0.2) is 22.2 Å². The van der Waals surface area contributed by atoms with Crippen molar-refractivity contribution in [1.82, 2.24) is 4.98 Å². The van der Waals surface area contributed by atoms with Crippen LogP contribution in [0.4, 0.5) is 17.6 Å². The number of aromatic nitrogens is 1. The summed E-state index contributed by atoms with van der Waals surface area (Å²) in [5.41, 5.74) is -4.12. The Balaban J connectivity index is 2.09. The Bertz CT molecular complexity index is 1020. The second-order valence-electron chi connectivity index (χ2n) is 7.76. The quantitative estimate of drug-likeness (QED) is 0.470. The van der Waals surface area contributed by atoms with Gasteiger partial charge in [-0.25, -0.2) is 9.37 Å². The van der Waals surface area contributed by atoms with Crippen LogP contribution in [0.15, 0.2) is 53.0 Å². The average molecular weight is 478 g/mol. The number of hydrogen-bond donors (Lipinski definition) is 1. The number of benzene rings is 1. The Morgan fingerprint density at radius 1 is 1.19 bits per heavy atom. The van der Waals surface area contributed by atoms with Gasteiger partial charge in [-0.05, 0) is 41.8 Å². The SMILES string of the molecule is CC1(C)C(C=C(Cl)Cl)[C@@]1(C(=O)O)[C@@H](c1cccc(Oc2ccc(F)cc2)n1)C(F)(F)F. The molecule has 2 aromatic rings. The summed E-state index contributed by atoms with van der Waals surface area (Å²) in [6.45, 7) is 2.83. The maximum Gasteiger partial charge on any atom is 0.398 e. The summed E-state index contributed by atoms with van der Waals surface area (Å²) >= 11 is 11.3. The van der Waals surface area contributed by atoms with Crippen molar-refractivity contribution in [3.05, 3.63) is 64.5 Å². The van der Waals surface area contributed by atoms with Crippen LogP contribution in [0.5, 0.6) is 11.6 Å². The number of pyridine rings is 1. The van der Waals surface area contributed by atoms with Crippen LogP contribution < -0.4 is 4.74 Å². The Kier molecular flexibility index (Phi) is 6.01. The molecule has 1 aliphatic carbocycles. The standard InChI is InChI=1S/C21H17Cl2F4NO3/c1-19(2)14(10-15(22)23)20(19,18(29)30)17(21(25,26)27)13-4-3-5-16(28-13)31-12-8-6-11(24)7-9-12/h3-10,14,17H,1-2H3,(H,29,30)/t14?,17-,20+/m1/s1. The lowest BCUT2D eigenvalue weighted by atomic mass is 9.79. The highest BCUT2D eigenvalue weighted by Gasteiger charge is 2.82. The third kappa shape index (κ3) is 4.11. The summed E-state index contributed by atoms with van der Waals surface area (Å²) in [5, 5.41) is 9.94. The van der Waals surface area contributed by atoms with E-state index in [1.165, 1.54) is 38.1 Å². The van der Waals surface area contributed by atoms with Gasteiger partial charge < -0.3 is 9.84 Å². The molecule has 3 rings (SSSR count). The van der Waals surface area contributed by atoms with Gasteiger partial charge in [0, 0.05) is 12.0 Å². The summed E-state index contributed by atoms with van der Waals surface area (Å²) < 4.78 is 61.0. The molecule has 166 valence electrons. The van der Waals surface area contributed by atoms with Gasteiger partial charge in [-0.3, -0.25) is 4.79 Å². The van der Waals surface area contributed by atoms with Gasteiger partial charge in [0.05, 0.1) is 11.1 Å². The van der Waals surface area contributed by atoms with Crippen molar-refractivity contribution in [2.24, 2.45) is 16.7 Å². The Hall–Kier alpha value is -2.32. The van der Waals surface area contributed by atoms with Gasteiger partial charge in [0.25, 0.3) is 0 Å². The highest BCUT2D eigenvalue weighted by atomic mass is 35.5. The highest BCUT2D eigenvalue weighted by molar-refractivity contribution is 6.55. The molecule has 10 heteroatoms. The molecule has 0 aliphatic heterocycles. The third-order valence-electron chi connectivity index (χ3n) is 5.76. The van der Waals surface area contributed by atoms with Gasteiger partial charge in [-0.2, -0.15) is 13.2 Å². The number of alkyl halides is 3. The lowest BCUT2D eigenvalue weighted by Gasteiger charge is -2.29. The molecule has 1 heterocycles. The molecular formula is C21H17Cl2F4NO3. The van der Waals surface area contributed by atoms with Crippen LogP contribution in [-0.2, 0) is 4.79 Å². The van der Waals surface area contributed by atoms with E-state index in [-0.39, 0.29) is 16.1 Å². The summed E-state index contributed by atoms with van der Waals surface area (Å²) in [7, 11) is 0.